The van der Waals surface area contributed by atoms with Gasteiger partial charge in [0.05, 0.1) is 0 Å². The molecule has 0 atom stereocenters. The second kappa shape index (κ2) is 7.31. The lowest BCUT2D eigenvalue weighted by Gasteiger charge is -2.35. The average Bonchev–Trinajstić information content (AvgIpc) is 2.73. The molecule has 0 unspecified atom stereocenters. The topological polar surface area (TPSA) is 81.4 Å². The number of nitrogens with two attached hydrogens (primary N) is 1. The Balaban J connectivity index is 2.06. The summed E-state index contributed by atoms with van der Waals surface area (Å²) in [5, 5.41) is 2.75. The zero-order valence-corrected chi connectivity index (χ0v) is 13.6. The van der Waals surface area contributed by atoms with Gasteiger partial charge in [0.25, 0.3) is 5.91 Å². The molecule has 5 nitrogen and oxygen atoms in total. The van der Waals surface area contributed by atoms with E-state index in [0.29, 0.717) is 18.6 Å². The monoisotopic (exact) mass is 316 g/mol. The first-order valence-corrected chi connectivity index (χ1v) is 7.98. The van der Waals surface area contributed by atoms with E-state index >= 15 is 0 Å². The predicted octanol–water partition coefficient (Wildman–Crippen LogP) is 2.61. The van der Waals surface area contributed by atoms with Crippen LogP contribution >= 0.6 is 0 Å². The quantitative estimate of drug-likeness (QED) is 0.604. The fourth-order valence-corrected chi connectivity index (χ4v) is 2.88. The molecular weight excluding hydrogens is 292 g/mol. The molecule has 0 aliphatic heterocycles. The first-order valence-electron chi connectivity index (χ1n) is 7.98. The molecular formula is C18H24N2O3. The van der Waals surface area contributed by atoms with E-state index in [1.54, 1.807) is 0 Å². The molecule has 3 N–H and O–H groups in total. The van der Waals surface area contributed by atoms with E-state index in [0.717, 1.165) is 31.3 Å². The number of amides is 2. The Labute approximate surface area is 136 Å². The number of ether oxygens (including phenoxy) is 1. The molecule has 0 aromatic heterocycles. The molecule has 2 amide bonds. The predicted molar refractivity (Wildman–Crippen MR) is 89.0 cm³/mol. The minimum absolute atomic E-state index is 0.0366. The van der Waals surface area contributed by atoms with Crippen molar-refractivity contribution in [3.8, 4) is 0 Å². The Kier molecular flexibility index (Phi) is 5.42. The van der Waals surface area contributed by atoms with Crippen LogP contribution in [0.15, 0.2) is 48.0 Å². The normalized spacial score (nSPS) is 19.9. The molecule has 0 aromatic carbocycles. The third kappa shape index (κ3) is 4.12. The number of allylic oxidation sites excluding steroid dienone is 5. The molecule has 0 bridgehead atoms. The minimum atomic E-state index is -0.982. The molecule has 124 valence electrons. The molecule has 0 spiro atoms. The van der Waals surface area contributed by atoms with Crippen LogP contribution in [0.4, 0.5) is 0 Å². The summed E-state index contributed by atoms with van der Waals surface area (Å²) in [6.45, 7) is 5.59. The standard InChI is InChI=1S/C18H24N2O3/c1-13-9-5-3-6-10-15(13)23-14(2)16(21)20-18(17(19)22)11-7-4-8-12-18/h5-6,9-10H,2-4,7-8,11-12H2,1H3,(H2,19,22)(H,20,21). The van der Waals surface area contributed by atoms with Crippen LogP contribution in [0.1, 0.15) is 45.4 Å². The van der Waals surface area contributed by atoms with Gasteiger partial charge in [0.2, 0.25) is 5.91 Å². The van der Waals surface area contributed by atoms with Gasteiger partial charge in [0.15, 0.2) is 5.76 Å². The van der Waals surface area contributed by atoms with E-state index in [1.165, 1.54) is 0 Å². The summed E-state index contributed by atoms with van der Waals surface area (Å²) in [6.07, 6.45) is 12.4. The van der Waals surface area contributed by atoms with Gasteiger partial charge in [-0.3, -0.25) is 9.59 Å². The molecule has 5 heteroatoms. The highest BCUT2D eigenvalue weighted by molar-refractivity contribution is 5.97. The summed E-state index contributed by atoms with van der Waals surface area (Å²) in [7, 11) is 0. The molecule has 2 aliphatic rings. The van der Waals surface area contributed by atoms with Gasteiger partial charge >= 0.3 is 0 Å². The third-order valence-corrected chi connectivity index (χ3v) is 4.32. The molecule has 23 heavy (non-hydrogen) atoms. The summed E-state index contributed by atoms with van der Waals surface area (Å²) in [4.78, 5) is 24.2. The average molecular weight is 316 g/mol. The highest BCUT2D eigenvalue weighted by atomic mass is 16.5. The summed E-state index contributed by atoms with van der Waals surface area (Å²) in [5.74, 6) is -0.445. The van der Waals surface area contributed by atoms with Gasteiger partial charge in [0, 0.05) is 0 Å². The van der Waals surface area contributed by atoms with Gasteiger partial charge in [-0.1, -0.05) is 44.1 Å². The Hall–Kier alpha value is -2.30. The second-order valence-corrected chi connectivity index (χ2v) is 6.07. The van der Waals surface area contributed by atoms with Crippen LogP contribution in [0, 0.1) is 0 Å². The van der Waals surface area contributed by atoms with E-state index in [-0.39, 0.29) is 5.76 Å². The first kappa shape index (κ1) is 17.1. The molecule has 1 fully saturated rings. The van der Waals surface area contributed by atoms with Gasteiger partial charge < -0.3 is 15.8 Å². The molecule has 0 saturated heterocycles. The smallest absolute Gasteiger partial charge is 0.287 e. The SMILES string of the molecule is C=C(OC1=C(C)C=CCC=C1)C(=O)NC1(C(N)=O)CCCCC1. The van der Waals surface area contributed by atoms with E-state index in [4.69, 9.17) is 10.5 Å². The van der Waals surface area contributed by atoms with Crippen molar-refractivity contribution < 1.29 is 14.3 Å². The summed E-state index contributed by atoms with van der Waals surface area (Å²) in [5.41, 5.74) is 5.45. The summed E-state index contributed by atoms with van der Waals surface area (Å²) >= 11 is 0. The zero-order valence-electron chi connectivity index (χ0n) is 13.6. The number of carbonyl (C=O) groups excluding carboxylic acids is 2. The lowest BCUT2D eigenvalue weighted by atomic mass is 9.81. The maximum absolute atomic E-state index is 12.4. The van der Waals surface area contributed by atoms with Crippen LogP contribution in [-0.2, 0) is 14.3 Å². The molecule has 1 saturated carbocycles. The van der Waals surface area contributed by atoms with Gasteiger partial charge in [-0.05, 0) is 37.8 Å². The Bertz CT molecular complexity index is 593. The number of hydrogen-bond acceptors (Lipinski definition) is 3. The van der Waals surface area contributed by atoms with Gasteiger partial charge in [-0.2, -0.15) is 0 Å². The molecule has 0 heterocycles. The van der Waals surface area contributed by atoms with Crippen molar-refractivity contribution in [3.05, 3.63) is 48.0 Å². The Morgan fingerprint density at radius 2 is 1.87 bits per heavy atom. The fourth-order valence-electron chi connectivity index (χ4n) is 2.88. The first-order chi connectivity index (χ1) is 10.9. The molecule has 0 radical (unpaired) electrons. The number of nitrogens with one attached hydrogen (secondary N) is 1. The molecule has 0 aromatic rings. The van der Waals surface area contributed by atoms with Crippen LogP contribution in [0.5, 0.6) is 0 Å². The number of rotatable bonds is 5. The van der Waals surface area contributed by atoms with Crippen LogP contribution in [0.3, 0.4) is 0 Å². The molecule has 2 aliphatic carbocycles. The lowest BCUT2D eigenvalue weighted by Crippen LogP contribution is -2.58. The van der Waals surface area contributed by atoms with Crippen LogP contribution in [0.25, 0.3) is 0 Å². The van der Waals surface area contributed by atoms with E-state index in [9.17, 15) is 9.59 Å². The van der Waals surface area contributed by atoms with Crippen LogP contribution in [0.2, 0.25) is 0 Å². The van der Waals surface area contributed by atoms with Crippen molar-refractivity contribution in [2.75, 3.05) is 0 Å². The maximum atomic E-state index is 12.4. The summed E-state index contributed by atoms with van der Waals surface area (Å²) in [6, 6.07) is 0. The Morgan fingerprint density at radius 1 is 1.22 bits per heavy atom. The minimum Gasteiger partial charge on any atom is -0.452 e. The van der Waals surface area contributed by atoms with Gasteiger partial charge in [-0.25, -0.2) is 0 Å². The zero-order chi connectivity index (χ0) is 16.9. The van der Waals surface area contributed by atoms with Crippen molar-refractivity contribution >= 4 is 11.8 Å². The van der Waals surface area contributed by atoms with Crippen molar-refractivity contribution in [1.29, 1.82) is 0 Å². The number of primary amides is 1. The van der Waals surface area contributed by atoms with E-state index < -0.39 is 17.4 Å². The fraction of sp³-hybridized carbons (Fsp3) is 0.444. The van der Waals surface area contributed by atoms with E-state index in [1.807, 2.05) is 31.2 Å². The molecule has 2 rings (SSSR count). The number of hydrogen-bond donors (Lipinski definition) is 2. The number of carbonyl (C=O) groups is 2. The van der Waals surface area contributed by atoms with Crippen LogP contribution < -0.4 is 11.1 Å². The van der Waals surface area contributed by atoms with Gasteiger partial charge in [-0.15, -0.1) is 0 Å². The summed E-state index contributed by atoms with van der Waals surface area (Å²) < 4.78 is 5.59. The maximum Gasteiger partial charge on any atom is 0.287 e. The highest BCUT2D eigenvalue weighted by Crippen LogP contribution is 2.28. The van der Waals surface area contributed by atoms with Crippen molar-refractivity contribution in [3.63, 3.8) is 0 Å². The third-order valence-electron chi connectivity index (χ3n) is 4.32. The van der Waals surface area contributed by atoms with Crippen LogP contribution in [-0.4, -0.2) is 17.4 Å². The Morgan fingerprint density at radius 3 is 2.52 bits per heavy atom. The second-order valence-electron chi connectivity index (χ2n) is 6.07. The van der Waals surface area contributed by atoms with Crippen molar-refractivity contribution in [1.82, 2.24) is 5.32 Å². The van der Waals surface area contributed by atoms with E-state index in [2.05, 4.69) is 11.9 Å². The lowest BCUT2D eigenvalue weighted by molar-refractivity contribution is -0.132. The largest absolute Gasteiger partial charge is 0.452 e. The van der Waals surface area contributed by atoms with Crippen molar-refractivity contribution in [2.24, 2.45) is 5.73 Å². The van der Waals surface area contributed by atoms with Gasteiger partial charge in [0.1, 0.15) is 11.3 Å². The highest BCUT2D eigenvalue weighted by Gasteiger charge is 2.39. The van der Waals surface area contributed by atoms with Crippen molar-refractivity contribution in [2.45, 2.75) is 51.0 Å².